The molecule has 3 aromatic carbocycles. The van der Waals surface area contributed by atoms with Gasteiger partial charge in [-0.1, -0.05) is 66.8 Å². The van der Waals surface area contributed by atoms with Gasteiger partial charge in [0.15, 0.2) is 0 Å². The average Bonchev–Trinajstić information content (AvgIpc) is 2.68. The maximum Gasteiger partial charge on any atom is -0.0105 e. The zero-order chi connectivity index (χ0) is 18.2. The fourth-order valence-corrected chi connectivity index (χ4v) is 3.69. The van der Waals surface area contributed by atoms with Crippen LogP contribution in [0, 0.1) is 0 Å². The van der Waals surface area contributed by atoms with E-state index in [9.17, 15) is 0 Å². The van der Waals surface area contributed by atoms with Gasteiger partial charge in [0, 0.05) is 0 Å². The van der Waals surface area contributed by atoms with E-state index in [2.05, 4.69) is 74.2 Å². The van der Waals surface area contributed by atoms with Crippen LogP contribution in [0.4, 0.5) is 0 Å². The standard InChI is InChI=1S/C26H30/c1-3-5-7-9-11-21-13-17-25-23(19-21)15-16-24-20-22(14-18-26(24)25)12-10-8-6-4-2/h3-4,6,13-20H,1,5,7-12H2,2H3/b6-4+. The Balaban J connectivity index is 1.78. The summed E-state index contributed by atoms with van der Waals surface area (Å²) in [5.74, 6) is 0. The lowest BCUT2D eigenvalue weighted by Gasteiger charge is -2.09. The maximum atomic E-state index is 3.80. The van der Waals surface area contributed by atoms with E-state index in [1.807, 2.05) is 6.08 Å². The first-order valence-electron chi connectivity index (χ1n) is 9.98. The van der Waals surface area contributed by atoms with Crippen LogP contribution in [-0.2, 0) is 12.8 Å². The predicted octanol–water partition coefficient (Wildman–Crippen LogP) is 7.79. The van der Waals surface area contributed by atoms with E-state index < -0.39 is 0 Å². The molecular formula is C26H30. The molecule has 0 fully saturated rings. The second kappa shape index (κ2) is 9.38. The highest BCUT2D eigenvalue weighted by Gasteiger charge is 2.03. The number of unbranched alkanes of at least 4 members (excludes halogenated alkanes) is 3. The molecule has 3 rings (SSSR count). The van der Waals surface area contributed by atoms with Gasteiger partial charge in [0.25, 0.3) is 0 Å². The molecule has 0 aliphatic carbocycles. The number of hydrogen-bond acceptors (Lipinski definition) is 0. The van der Waals surface area contributed by atoms with Gasteiger partial charge < -0.3 is 0 Å². The first-order chi connectivity index (χ1) is 12.8. The number of aryl methyl sites for hydroxylation is 2. The summed E-state index contributed by atoms with van der Waals surface area (Å²) in [6.07, 6.45) is 14.7. The number of hydrogen-bond donors (Lipinski definition) is 0. The molecule has 134 valence electrons. The zero-order valence-electron chi connectivity index (χ0n) is 16.0. The minimum atomic E-state index is 1.12. The first kappa shape index (κ1) is 18.5. The fraction of sp³-hybridized carbons (Fsp3) is 0.308. The molecule has 0 aliphatic heterocycles. The molecule has 0 saturated heterocycles. The van der Waals surface area contributed by atoms with Crippen molar-refractivity contribution in [3.05, 3.63) is 84.5 Å². The molecule has 26 heavy (non-hydrogen) atoms. The third kappa shape index (κ3) is 4.64. The zero-order valence-corrected chi connectivity index (χ0v) is 16.0. The van der Waals surface area contributed by atoms with Crippen LogP contribution in [0.5, 0.6) is 0 Å². The summed E-state index contributed by atoms with van der Waals surface area (Å²) in [6, 6.07) is 18.5. The van der Waals surface area contributed by atoms with Crippen LogP contribution in [0.1, 0.15) is 50.2 Å². The SMILES string of the molecule is C=CCCCCc1ccc2c(ccc3cc(CCC/C=C/C)ccc32)c1. The van der Waals surface area contributed by atoms with Crippen LogP contribution in [0.3, 0.4) is 0 Å². The topological polar surface area (TPSA) is 0 Å². The molecule has 0 aromatic heterocycles. The van der Waals surface area contributed by atoms with Gasteiger partial charge in [-0.25, -0.2) is 0 Å². The van der Waals surface area contributed by atoms with E-state index in [0.717, 1.165) is 19.3 Å². The minimum absolute atomic E-state index is 1.12. The van der Waals surface area contributed by atoms with Crippen molar-refractivity contribution >= 4 is 21.5 Å². The lowest BCUT2D eigenvalue weighted by Crippen LogP contribution is -1.88. The van der Waals surface area contributed by atoms with Crippen LogP contribution in [0.2, 0.25) is 0 Å². The summed E-state index contributed by atoms with van der Waals surface area (Å²) >= 11 is 0. The molecule has 0 heterocycles. The largest absolute Gasteiger partial charge is 0.103 e. The fourth-order valence-electron chi connectivity index (χ4n) is 3.69. The van der Waals surface area contributed by atoms with E-state index >= 15 is 0 Å². The summed E-state index contributed by atoms with van der Waals surface area (Å²) in [4.78, 5) is 0. The van der Waals surface area contributed by atoms with E-state index in [1.54, 1.807) is 0 Å². The van der Waals surface area contributed by atoms with Crippen molar-refractivity contribution in [2.24, 2.45) is 0 Å². The normalized spacial score (nSPS) is 11.6. The number of fused-ring (bicyclic) bond motifs is 3. The van der Waals surface area contributed by atoms with E-state index in [1.165, 1.54) is 58.4 Å². The molecular weight excluding hydrogens is 312 g/mol. The quantitative estimate of drug-likeness (QED) is 0.211. The Hall–Kier alpha value is -2.34. The van der Waals surface area contributed by atoms with Gasteiger partial charge in [0.05, 0.1) is 0 Å². The van der Waals surface area contributed by atoms with Gasteiger partial charge in [0.2, 0.25) is 0 Å². The van der Waals surface area contributed by atoms with Gasteiger partial charge in [-0.05, 0) is 84.5 Å². The monoisotopic (exact) mass is 342 g/mol. The molecule has 0 bridgehead atoms. The first-order valence-corrected chi connectivity index (χ1v) is 9.98. The van der Waals surface area contributed by atoms with Crippen LogP contribution < -0.4 is 0 Å². The molecule has 0 unspecified atom stereocenters. The highest BCUT2D eigenvalue weighted by atomic mass is 14.1. The van der Waals surface area contributed by atoms with Gasteiger partial charge in [-0.15, -0.1) is 6.58 Å². The highest BCUT2D eigenvalue weighted by molar-refractivity contribution is 6.07. The Morgan fingerprint density at radius 1 is 0.731 bits per heavy atom. The summed E-state index contributed by atoms with van der Waals surface area (Å²) in [5.41, 5.74) is 2.89. The molecule has 0 N–H and O–H groups in total. The summed E-state index contributed by atoms with van der Waals surface area (Å²) < 4.78 is 0. The second-order valence-electron chi connectivity index (χ2n) is 7.17. The summed E-state index contributed by atoms with van der Waals surface area (Å²) in [6.45, 7) is 5.89. The van der Waals surface area contributed by atoms with Crippen molar-refractivity contribution in [2.45, 2.75) is 51.9 Å². The van der Waals surface area contributed by atoms with Crippen molar-refractivity contribution < 1.29 is 0 Å². The molecule has 0 nitrogen and oxygen atoms in total. The van der Waals surface area contributed by atoms with E-state index in [0.29, 0.717) is 0 Å². The van der Waals surface area contributed by atoms with Crippen LogP contribution >= 0.6 is 0 Å². The molecule has 0 heteroatoms. The van der Waals surface area contributed by atoms with Gasteiger partial charge in [-0.2, -0.15) is 0 Å². The average molecular weight is 343 g/mol. The molecule has 0 atom stereocenters. The molecule has 0 radical (unpaired) electrons. The van der Waals surface area contributed by atoms with E-state index in [-0.39, 0.29) is 0 Å². The Labute approximate surface area is 158 Å². The molecule has 0 amide bonds. The predicted molar refractivity (Wildman–Crippen MR) is 117 cm³/mol. The third-order valence-corrected chi connectivity index (χ3v) is 5.16. The Kier molecular flexibility index (Phi) is 6.66. The van der Waals surface area contributed by atoms with Crippen molar-refractivity contribution in [3.8, 4) is 0 Å². The van der Waals surface area contributed by atoms with Gasteiger partial charge in [0.1, 0.15) is 0 Å². The highest BCUT2D eigenvalue weighted by Crippen LogP contribution is 2.28. The Morgan fingerprint density at radius 3 is 1.92 bits per heavy atom. The molecule has 0 aliphatic rings. The summed E-state index contributed by atoms with van der Waals surface area (Å²) in [7, 11) is 0. The number of allylic oxidation sites excluding steroid dienone is 3. The summed E-state index contributed by atoms with van der Waals surface area (Å²) in [5, 5.41) is 5.47. The number of benzene rings is 3. The van der Waals surface area contributed by atoms with E-state index in [4.69, 9.17) is 0 Å². The van der Waals surface area contributed by atoms with Crippen molar-refractivity contribution in [1.82, 2.24) is 0 Å². The minimum Gasteiger partial charge on any atom is -0.103 e. The van der Waals surface area contributed by atoms with Crippen molar-refractivity contribution in [2.75, 3.05) is 0 Å². The number of rotatable bonds is 9. The second-order valence-corrected chi connectivity index (χ2v) is 7.17. The molecule has 3 aromatic rings. The lowest BCUT2D eigenvalue weighted by atomic mass is 9.96. The Bertz CT molecular complexity index is 898. The maximum absolute atomic E-state index is 3.80. The Morgan fingerprint density at radius 2 is 1.35 bits per heavy atom. The van der Waals surface area contributed by atoms with Gasteiger partial charge >= 0.3 is 0 Å². The third-order valence-electron chi connectivity index (χ3n) is 5.16. The molecule has 0 saturated carbocycles. The van der Waals surface area contributed by atoms with Crippen LogP contribution in [0.25, 0.3) is 21.5 Å². The lowest BCUT2D eigenvalue weighted by molar-refractivity contribution is 0.749. The molecule has 0 spiro atoms. The van der Waals surface area contributed by atoms with Crippen molar-refractivity contribution in [3.63, 3.8) is 0 Å². The van der Waals surface area contributed by atoms with Crippen molar-refractivity contribution in [1.29, 1.82) is 0 Å². The van der Waals surface area contributed by atoms with Gasteiger partial charge in [-0.3, -0.25) is 0 Å². The smallest absolute Gasteiger partial charge is 0.0105 e. The van der Waals surface area contributed by atoms with Crippen LogP contribution in [0.15, 0.2) is 73.3 Å². The van der Waals surface area contributed by atoms with Crippen LogP contribution in [-0.4, -0.2) is 0 Å².